The molecule has 2 aromatic rings. The fourth-order valence-electron chi connectivity index (χ4n) is 3.18. The van der Waals surface area contributed by atoms with E-state index in [0.29, 0.717) is 12.0 Å². The minimum absolute atomic E-state index is 0.521. The molecule has 0 aromatic heterocycles. The molecule has 1 aliphatic heterocycles. The van der Waals surface area contributed by atoms with Gasteiger partial charge in [0.2, 0.25) is 0 Å². The summed E-state index contributed by atoms with van der Waals surface area (Å²) in [5, 5.41) is 3.59. The van der Waals surface area contributed by atoms with Crippen LogP contribution in [0.1, 0.15) is 41.5 Å². The van der Waals surface area contributed by atoms with Crippen molar-refractivity contribution in [1.29, 1.82) is 0 Å². The predicted octanol–water partition coefficient (Wildman–Crippen LogP) is 4.64. The van der Waals surface area contributed by atoms with Crippen LogP contribution in [0.4, 0.5) is 5.69 Å². The highest BCUT2D eigenvalue weighted by molar-refractivity contribution is 5.59. The van der Waals surface area contributed by atoms with Gasteiger partial charge in [-0.15, -0.1) is 0 Å². The van der Waals surface area contributed by atoms with E-state index in [0.717, 1.165) is 0 Å². The highest BCUT2D eigenvalue weighted by Crippen LogP contribution is 2.40. The Morgan fingerprint density at radius 3 is 2.53 bits per heavy atom. The summed E-state index contributed by atoms with van der Waals surface area (Å²) >= 11 is 0. The molecule has 98 valence electrons. The molecule has 1 heterocycles. The van der Waals surface area contributed by atoms with Gasteiger partial charge in [-0.05, 0) is 55.5 Å². The number of benzene rings is 2. The quantitative estimate of drug-likeness (QED) is 0.778. The third-order valence-corrected chi connectivity index (χ3v) is 4.35. The van der Waals surface area contributed by atoms with E-state index in [1.165, 1.54) is 34.4 Å². The second-order valence-electron chi connectivity index (χ2n) is 5.71. The van der Waals surface area contributed by atoms with Crippen LogP contribution < -0.4 is 5.32 Å². The second-order valence-corrected chi connectivity index (χ2v) is 5.71. The summed E-state index contributed by atoms with van der Waals surface area (Å²) in [5.41, 5.74) is 7.06. The van der Waals surface area contributed by atoms with Gasteiger partial charge in [-0.3, -0.25) is 0 Å². The first-order valence-corrected chi connectivity index (χ1v) is 7.08. The lowest BCUT2D eigenvalue weighted by Gasteiger charge is -2.32. The molecule has 2 aromatic carbocycles. The van der Waals surface area contributed by atoms with Gasteiger partial charge in [0, 0.05) is 17.6 Å². The number of hydrogen-bond acceptors (Lipinski definition) is 1. The summed E-state index contributed by atoms with van der Waals surface area (Å²) in [4.78, 5) is 0. The zero-order valence-electron chi connectivity index (χ0n) is 11.9. The maximum absolute atomic E-state index is 3.59. The molecular weight excluding hydrogens is 230 g/mol. The standard InChI is InChI=1S/C18H21N/c1-12-7-6-9-15(14(12)3)17-11-13(2)19-18-10-5-4-8-16(17)18/h4-10,13,17,19H,11H2,1-3H3. The van der Waals surface area contributed by atoms with Crippen LogP contribution in [0.5, 0.6) is 0 Å². The molecule has 1 N–H and O–H groups in total. The van der Waals surface area contributed by atoms with Gasteiger partial charge in [0.15, 0.2) is 0 Å². The van der Waals surface area contributed by atoms with E-state index in [9.17, 15) is 0 Å². The van der Waals surface area contributed by atoms with E-state index in [4.69, 9.17) is 0 Å². The second kappa shape index (κ2) is 4.73. The molecule has 1 heteroatoms. The molecule has 0 fully saturated rings. The van der Waals surface area contributed by atoms with Crippen LogP contribution in [0, 0.1) is 13.8 Å². The van der Waals surface area contributed by atoms with Gasteiger partial charge in [0.1, 0.15) is 0 Å². The Kier molecular flexibility index (Phi) is 3.06. The number of hydrogen-bond donors (Lipinski definition) is 1. The summed E-state index contributed by atoms with van der Waals surface area (Å²) in [6, 6.07) is 15.9. The van der Waals surface area contributed by atoms with Crippen molar-refractivity contribution in [3.05, 3.63) is 64.7 Å². The molecule has 0 radical (unpaired) electrons. The fraction of sp³-hybridized carbons (Fsp3) is 0.333. The molecular formula is C18H21N. The zero-order valence-corrected chi connectivity index (χ0v) is 11.9. The topological polar surface area (TPSA) is 12.0 Å². The monoisotopic (exact) mass is 251 g/mol. The SMILES string of the molecule is Cc1cccc(C2CC(C)Nc3ccccc32)c1C. The van der Waals surface area contributed by atoms with E-state index in [1.54, 1.807) is 0 Å². The Morgan fingerprint density at radius 2 is 1.68 bits per heavy atom. The third-order valence-electron chi connectivity index (χ3n) is 4.35. The van der Waals surface area contributed by atoms with Crippen LogP contribution in [-0.4, -0.2) is 6.04 Å². The lowest BCUT2D eigenvalue weighted by molar-refractivity contribution is 0.612. The Bertz CT molecular complexity index is 600. The van der Waals surface area contributed by atoms with Crippen molar-refractivity contribution in [2.45, 2.75) is 39.2 Å². The summed E-state index contributed by atoms with van der Waals surface area (Å²) in [6.07, 6.45) is 1.17. The van der Waals surface area contributed by atoms with Crippen molar-refractivity contribution in [2.24, 2.45) is 0 Å². The van der Waals surface area contributed by atoms with E-state index < -0.39 is 0 Å². The molecule has 0 saturated carbocycles. The van der Waals surface area contributed by atoms with Gasteiger partial charge < -0.3 is 5.32 Å². The van der Waals surface area contributed by atoms with Crippen LogP contribution >= 0.6 is 0 Å². The number of para-hydroxylation sites is 1. The molecule has 1 nitrogen and oxygen atoms in total. The molecule has 19 heavy (non-hydrogen) atoms. The molecule has 0 saturated heterocycles. The predicted molar refractivity (Wildman–Crippen MR) is 81.9 cm³/mol. The highest BCUT2D eigenvalue weighted by atomic mass is 14.9. The molecule has 0 spiro atoms. The third kappa shape index (κ3) is 2.14. The van der Waals surface area contributed by atoms with Crippen LogP contribution in [0.25, 0.3) is 0 Å². The summed E-state index contributed by atoms with van der Waals surface area (Å²) < 4.78 is 0. The van der Waals surface area contributed by atoms with Crippen molar-refractivity contribution in [2.75, 3.05) is 5.32 Å². The van der Waals surface area contributed by atoms with Gasteiger partial charge in [-0.2, -0.15) is 0 Å². The number of anilines is 1. The average molecular weight is 251 g/mol. The average Bonchev–Trinajstić information content (AvgIpc) is 2.41. The van der Waals surface area contributed by atoms with Crippen molar-refractivity contribution >= 4 is 5.69 Å². The van der Waals surface area contributed by atoms with Gasteiger partial charge in [-0.1, -0.05) is 36.4 Å². The molecule has 1 aliphatic rings. The van der Waals surface area contributed by atoms with Gasteiger partial charge in [0.05, 0.1) is 0 Å². The lowest BCUT2D eigenvalue weighted by Crippen LogP contribution is -2.26. The number of fused-ring (bicyclic) bond motifs is 1. The molecule has 3 rings (SSSR count). The summed E-state index contributed by atoms with van der Waals surface area (Å²) in [6.45, 7) is 6.73. The fourth-order valence-corrected chi connectivity index (χ4v) is 3.18. The van der Waals surface area contributed by atoms with Crippen LogP contribution in [-0.2, 0) is 0 Å². The minimum atomic E-state index is 0.521. The summed E-state index contributed by atoms with van der Waals surface area (Å²) in [7, 11) is 0. The Hall–Kier alpha value is -1.76. The molecule has 0 aliphatic carbocycles. The maximum atomic E-state index is 3.59. The number of nitrogens with one attached hydrogen (secondary N) is 1. The van der Waals surface area contributed by atoms with E-state index >= 15 is 0 Å². The Labute approximate surface area is 115 Å². The van der Waals surface area contributed by atoms with Gasteiger partial charge in [-0.25, -0.2) is 0 Å². The Balaban J connectivity index is 2.13. The first kappa shape index (κ1) is 12.3. The number of rotatable bonds is 1. The van der Waals surface area contributed by atoms with Crippen LogP contribution in [0.2, 0.25) is 0 Å². The molecule has 2 unspecified atom stereocenters. The van der Waals surface area contributed by atoms with Crippen molar-refractivity contribution < 1.29 is 0 Å². The van der Waals surface area contributed by atoms with Gasteiger partial charge >= 0.3 is 0 Å². The molecule has 0 amide bonds. The zero-order chi connectivity index (χ0) is 13.4. The van der Waals surface area contributed by atoms with E-state index in [1.807, 2.05) is 0 Å². The van der Waals surface area contributed by atoms with E-state index in [2.05, 4.69) is 68.6 Å². The van der Waals surface area contributed by atoms with Crippen LogP contribution in [0.15, 0.2) is 42.5 Å². The Morgan fingerprint density at radius 1 is 0.947 bits per heavy atom. The molecule has 2 atom stereocenters. The lowest BCUT2D eigenvalue weighted by atomic mass is 9.80. The van der Waals surface area contributed by atoms with Crippen molar-refractivity contribution in [1.82, 2.24) is 0 Å². The summed E-state index contributed by atoms with van der Waals surface area (Å²) in [5.74, 6) is 0.521. The van der Waals surface area contributed by atoms with Gasteiger partial charge in [0.25, 0.3) is 0 Å². The molecule has 0 bridgehead atoms. The highest BCUT2D eigenvalue weighted by Gasteiger charge is 2.26. The maximum Gasteiger partial charge on any atom is 0.0381 e. The normalized spacial score (nSPS) is 21.6. The van der Waals surface area contributed by atoms with E-state index in [-0.39, 0.29) is 0 Å². The first-order chi connectivity index (χ1) is 9.16. The smallest absolute Gasteiger partial charge is 0.0381 e. The first-order valence-electron chi connectivity index (χ1n) is 7.08. The van der Waals surface area contributed by atoms with Crippen molar-refractivity contribution in [3.8, 4) is 0 Å². The van der Waals surface area contributed by atoms with Crippen LogP contribution in [0.3, 0.4) is 0 Å². The van der Waals surface area contributed by atoms with Crippen molar-refractivity contribution in [3.63, 3.8) is 0 Å². The number of aryl methyl sites for hydroxylation is 1. The largest absolute Gasteiger partial charge is 0.382 e. The minimum Gasteiger partial charge on any atom is -0.382 e.